The van der Waals surface area contributed by atoms with Crippen LogP contribution in [0.5, 0.6) is 0 Å². The molecule has 0 bridgehead atoms. The second-order valence-electron chi connectivity index (χ2n) is 7.24. The molecule has 5 heteroatoms. The summed E-state index contributed by atoms with van der Waals surface area (Å²) < 4.78 is 0. The van der Waals surface area contributed by atoms with Crippen molar-refractivity contribution in [2.45, 2.75) is 6.54 Å². The maximum Gasteiger partial charge on any atom is 0.264 e. The van der Waals surface area contributed by atoms with Crippen LogP contribution in [0.15, 0.2) is 66.7 Å². The zero-order chi connectivity index (χ0) is 18.9. The van der Waals surface area contributed by atoms with Crippen LogP contribution in [-0.2, 0) is 6.54 Å². The topological polar surface area (TPSA) is 36.4 Å². The highest BCUT2D eigenvalue weighted by atomic mass is 32.1. The third-order valence-corrected chi connectivity index (χ3v) is 6.36. The molecule has 0 radical (unpaired) electrons. The highest BCUT2D eigenvalue weighted by molar-refractivity contribution is 7.20. The van der Waals surface area contributed by atoms with Gasteiger partial charge in [0.25, 0.3) is 5.91 Å². The molecule has 1 aliphatic rings. The quantitative estimate of drug-likeness (QED) is 0.523. The van der Waals surface area contributed by atoms with Crippen molar-refractivity contribution >= 4 is 38.4 Å². The maximum absolute atomic E-state index is 13.0. The zero-order valence-electron chi connectivity index (χ0n) is 15.5. The summed E-state index contributed by atoms with van der Waals surface area (Å²) in [6.07, 6.45) is 0. The number of pyridine rings is 1. The van der Waals surface area contributed by atoms with Crippen molar-refractivity contribution in [2.75, 3.05) is 26.2 Å². The van der Waals surface area contributed by atoms with Gasteiger partial charge in [0.15, 0.2) is 0 Å². The number of hydrogen-bond acceptors (Lipinski definition) is 4. The third-order valence-electron chi connectivity index (χ3n) is 5.33. The van der Waals surface area contributed by atoms with Crippen molar-refractivity contribution < 1.29 is 4.79 Å². The monoisotopic (exact) mass is 387 g/mol. The van der Waals surface area contributed by atoms with Gasteiger partial charge in [-0.1, -0.05) is 48.5 Å². The molecule has 140 valence electrons. The summed E-state index contributed by atoms with van der Waals surface area (Å²) in [5.41, 5.74) is 2.30. The minimum absolute atomic E-state index is 0.131. The molecule has 0 N–H and O–H groups in total. The van der Waals surface area contributed by atoms with E-state index < -0.39 is 0 Å². The van der Waals surface area contributed by atoms with Crippen LogP contribution in [0, 0.1) is 0 Å². The van der Waals surface area contributed by atoms with Gasteiger partial charge in [0.2, 0.25) is 0 Å². The number of benzene rings is 2. The van der Waals surface area contributed by atoms with E-state index in [4.69, 9.17) is 4.98 Å². The number of para-hydroxylation sites is 1. The zero-order valence-corrected chi connectivity index (χ0v) is 16.4. The lowest BCUT2D eigenvalue weighted by Crippen LogP contribution is -2.48. The fraction of sp³-hybridized carbons (Fsp3) is 0.217. The molecule has 28 heavy (non-hydrogen) atoms. The van der Waals surface area contributed by atoms with E-state index >= 15 is 0 Å². The van der Waals surface area contributed by atoms with Crippen molar-refractivity contribution in [1.82, 2.24) is 14.8 Å². The number of rotatable bonds is 3. The van der Waals surface area contributed by atoms with Crippen molar-refractivity contribution in [3.05, 3.63) is 77.2 Å². The van der Waals surface area contributed by atoms with E-state index in [0.29, 0.717) is 0 Å². The highest BCUT2D eigenvalue weighted by Crippen LogP contribution is 2.28. The summed E-state index contributed by atoms with van der Waals surface area (Å²) in [6.45, 7) is 4.31. The molecule has 1 aliphatic heterocycles. The maximum atomic E-state index is 13.0. The van der Waals surface area contributed by atoms with Gasteiger partial charge >= 0.3 is 0 Å². The molecule has 5 rings (SSSR count). The van der Waals surface area contributed by atoms with E-state index in [9.17, 15) is 4.79 Å². The second-order valence-corrected chi connectivity index (χ2v) is 8.27. The Morgan fingerprint density at radius 2 is 1.64 bits per heavy atom. The number of fused-ring (bicyclic) bond motifs is 2. The number of carbonyl (C=O) groups is 1. The Kier molecular flexibility index (Phi) is 4.55. The Hall–Kier alpha value is -2.76. The molecule has 1 amide bonds. The van der Waals surface area contributed by atoms with Gasteiger partial charge in [-0.3, -0.25) is 9.69 Å². The van der Waals surface area contributed by atoms with Crippen LogP contribution in [-0.4, -0.2) is 46.9 Å². The fourth-order valence-corrected chi connectivity index (χ4v) is 4.78. The Balaban J connectivity index is 1.29. The van der Waals surface area contributed by atoms with Gasteiger partial charge in [0.05, 0.1) is 10.4 Å². The van der Waals surface area contributed by atoms with Crippen molar-refractivity contribution in [2.24, 2.45) is 0 Å². The largest absolute Gasteiger partial charge is 0.335 e. The molecule has 4 nitrogen and oxygen atoms in total. The number of piperazine rings is 1. The van der Waals surface area contributed by atoms with Crippen LogP contribution in [0.1, 0.15) is 15.2 Å². The number of carbonyl (C=O) groups excluding carboxylic acids is 1. The SMILES string of the molecule is O=C(c1cc2cc3ccccc3nc2s1)N1CCN(Cc2ccccc2)CC1. The molecule has 2 aromatic heterocycles. The van der Waals surface area contributed by atoms with Crippen LogP contribution in [0.4, 0.5) is 0 Å². The summed E-state index contributed by atoms with van der Waals surface area (Å²) in [4.78, 5) is 23.9. The molecule has 1 saturated heterocycles. The second kappa shape index (κ2) is 7.34. The van der Waals surface area contributed by atoms with E-state index in [1.54, 1.807) is 0 Å². The standard InChI is InChI=1S/C23H21N3OS/c27-23(26-12-10-25(11-13-26)16-17-6-2-1-3-7-17)21-15-19-14-18-8-4-5-9-20(18)24-22(19)28-21/h1-9,14-15H,10-13,16H2. The molecule has 1 fully saturated rings. The Labute approximate surface area is 168 Å². The Morgan fingerprint density at radius 3 is 2.46 bits per heavy atom. The first-order valence-electron chi connectivity index (χ1n) is 9.61. The summed E-state index contributed by atoms with van der Waals surface area (Å²) in [6, 6.07) is 22.7. The Morgan fingerprint density at radius 1 is 0.893 bits per heavy atom. The summed E-state index contributed by atoms with van der Waals surface area (Å²) >= 11 is 1.50. The lowest BCUT2D eigenvalue weighted by atomic mass is 10.2. The van der Waals surface area contributed by atoms with Gasteiger partial charge in [-0.25, -0.2) is 4.98 Å². The smallest absolute Gasteiger partial charge is 0.264 e. The molecular weight excluding hydrogens is 366 g/mol. The first kappa shape index (κ1) is 17.3. The van der Waals surface area contributed by atoms with Crippen LogP contribution < -0.4 is 0 Å². The van der Waals surface area contributed by atoms with Gasteiger partial charge in [0.1, 0.15) is 4.83 Å². The number of hydrogen-bond donors (Lipinski definition) is 0. The number of aromatic nitrogens is 1. The summed E-state index contributed by atoms with van der Waals surface area (Å²) in [5.74, 6) is 0.131. The number of thiophene rings is 1. The molecule has 0 atom stereocenters. The van der Waals surface area contributed by atoms with E-state index in [1.165, 1.54) is 16.9 Å². The predicted octanol–water partition coefficient (Wildman–Crippen LogP) is 4.41. The lowest BCUT2D eigenvalue weighted by molar-refractivity contribution is 0.0633. The van der Waals surface area contributed by atoms with Gasteiger partial charge in [-0.15, -0.1) is 11.3 Å². The van der Waals surface area contributed by atoms with Crippen LogP contribution >= 0.6 is 11.3 Å². The molecule has 4 aromatic rings. The number of nitrogens with zero attached hydrogens (tertiary/aromatic N) is 3. The minimum atomic E-state index is 0.131. The predicted molar refractivity (Wildman–Crippen MR) is 115 cm³/mol. The molecule has 0 unspecified atom stereocenters. The van der Waals surface area contributed by atoms with Gasteiger partial charge in [-0.05, 0) is 23.8 Å². The highest BCUT2D eigenvalue weighted by Gasteiger charge is 2.23. The summed E-state index contributed by atoms with van der Waals surface area (Å²) in [5, 5.41) is 2.16. The lowest BCUT2D eigenvalue weighted by Gasteiger charge is -2.34. The molecule has 3 heterocycles. The number of amides is 1. The third kappa shape index (κ3) is 3.39. The average Bonchev–Trinajstić information content (AvgIpc) is 3.15. The van der Waals surface area contributed by atoms with Gasteiger partial charge < -0.3 is 4.90 Å². The first-order chi connectivity index (χ1) is 13.8. The van der Waals surface area contributed by atoms with Crippen LogP contribution in [0.2, 0.25) is 0 Å². The van der Waals surface area contributed by atoms with Crippen molar-refractivity contribution in [3.8, 4) is 0 Å². The minimum Gasteiger partial charge on any atom is -0.335 e. The molecule has 0 spiro atoms. The molecular formula is C23H21N3OS. The fourth-order valence-electron chi connectivity index (χ4n) is 3.79. The average molecular weight is 388 g/mol. The normalized spacial score (nSPS) is 15.4. The summed E-state index contributed by atoms with van der Waals surface area (Å²) in [7, 11) is 0. The van der Waals surface area contributed by atoms with Gasteiger partial charge in [-0.2, -0.15) is 0 Å². The Bertz CT molecular complexity index is 1080. The van der Waals surface area contributed by atoms with E-state index in [-0.39, 0.29) is 5.91 Å². The van der Waals surface area contributed by atoms with Crippen LogP contribution in [0.25, 0.3) is 21.1 Å². The first-order valence-corrected chi connectivity index (χ1v) is 10.4. The van der Waals surface area contributed by atoms with E-state index in [0.717, 1.165) is 58.7 Å². The van der Waals surface area contributed by atoms with E-state index in [2.05, 4.69) is 41.3 Å². The molecule has 2 aromatic carbocycles. The van der Waals surface area contributed by atoms with Crippen LogP contribution in [0.3, 0.4) is 0 Å². The van der Waals surface area contributed by atoms with E-state index in [1.807, 2.05) is 35.2 Å². The van der Waals surface area contributed by atoms with Crippen molar-refractivity contribution in [1.29, 1.82) is 0 Å². The molecule has 0 saturated carbocycles. The molecule has 0 aliphatic carbocycles. The van der Waals surface area contributed by atoms with Gasteiger partial charge in [0, 0.05) is 43.5 Å². The van der Waals surface area contributed by atoms with Crippen molar-refractivity contribution in [3.63, 3.8) is 0 Å².